The lowest BCUT2D eigenvalue weighted by atomic mass is 10.0. The third kappa shape index (κ3) is 5.83. The molecule has 1 aromatic rings. The van der Waals surface area contributed by atoms with Crippen LogP contribution in [0.4, 0.5) is 5.69 Å². The first-order valence-electron chi connectivity index (χ1n) is 11.0. The van der Waals surface area contributed by atoms with Crippen molar-refractivity contribution in [2.24, 2.45) is 5.92 Å². The summed E-state index contributed by atoms with van der Waals surface area (Å²) in [7, 11) is 3.71. The predicted octanol–water partition coefficient (Wildman–Crippen LogP) is 1.01. The number of nitrogens with zero attached hydrogens (tertiary/aromatic N) is 3. The lowest BCUT2D eigenvalue weighted by Gasteiger charge is -2.34. The number of hydrogen-bond acceptors (Lipinski definition) is 6. The first kappa shape index (κ1) is 23.2. The minimum atomic E-state index is -0.696. The van der Waals surface area contributed by atoms with Gasteiger partial charge in [0, 0.05) is 44.5 Å². The smallest absolute Gasteiger partial charge is 0.252 e. The molecule has 0 spiro atoms. The molecule has 2 heterocycles. The molecule has 2 fully saturated rings. The number of carbonyl (C=O) groups is 3. The lowest BCUT2D eigenvalue weighted by Crippen LogP contribution is -2.52. The second-order valence-corrected chi connectivity index (χ2v) is 8.94. The van der Waals surface area contributed by atoms with Gasteiger partial charge in [-0.3, -0.25) is 14.4 Å². The van der Waals surface area contributed by atoms with Crippen LogP contribution in [0.15, 0.2) is 24.3 Å². The Kier molecular flexibility index (Phi) is 7.67. The van der Waals surface area contributed by atoms with Crippen LogP contribution < -0.4 is 10.2 Å². The summed E-state index contributed by atoms with van der Waals surface area (Å²) in [5.41, 5.74) is 1.54. The number of nitrogens with one attached hydrogen (secondary N) is 1. The van der Waals surface area contributed by atoms with E-state index in [2.05, 4.69) is 22.2 Å². The van der Waals surface area contributed by atoms with Crippen LogP contribution in [0.1, 0.15) is 30.6 Å². The summed E-state index contributed by atoms with van der Waals surface area (Å²) in [6.45, 7) is 8.04. The molecule has 3 rings (SSSR count). The Morgan fingerprint density at radius 1 is 1.23 bits per heavy atom. The summed E-state index contributed by atoms with van der Waals surface area (Å²) in [6, 6.07) is 6.26. The fraction of sp³-hybridized carbons (Fsp3) is 0.609. The van der Waals surface area contributed by atoms with E-state index in [9.17, 15) is 14.4 Å². The Labute approximate surface area is 184 Å². The second kappa shape index (κ2) is 10.2. The molecule has 8 heteroatoms. The molecule has 2 atom stereocenters. The molecular weight excluding hydrogens is 396 g/mol. The largest absolute Gasteiger partial charge is 0.371 e. The van der Waals surface area contributed by atoms with Crippen molar-refractivity contribution in [1.82, 2.24) is 15.1 Å². The summed E-state index contributed by atoms with van der Waals surface area (Å²) < 4.78 is 5.19. The zero-order valence-electron chi connectivity index (χ0n) is 19.0. The van der Waals surface area contributed by atoms with Gasteiger partial charge in [0.25, 0.3) is 5.91 Å². The number of rotatable bonds is 7. The summed E-state index contributed by atoms with van der Waals surface area (Å²) in [6.07, 6.45) is 0.495. The number of benzene rings is 1. The molecule has 2 aliphatic rings. The van der Waals surface area contributed by atoms with Gasteiger partial charge < -0.3 is 24.8 Å². The highest BCUT2D eigenvalue weighted by atomic mass is 16.5. The van der Waals surface area contributed by atoms with Gasteiger partial charge in [-0.05, 0) is 37.6 Å². The van der Waals surface area contributed by atoms with E-state index in [1.165, 1.54) is 4.90 Å². The summed E-state index contributed by atoms with van der Waals surface area (Å²) in [5.74, 6) is -0.446. The molecule has 2 amide bonds. The Morgan fingerprint density at radius 3 is 2.55 bits per heavy atom. The van der Waals surface area contributed by atoms with Gasteiger partial charge >= 0.3 is 0 Å². The summed E-state index contributed by atoms with van der Waals surface area (Å²) >= 11 is 0. The van der Waals surface area contributed by atoms with Crippen LogP contribution >= 0.6 is 0 Å². The highest BCUT2D eigenvalue weighted by Crippen LogP contribution is 2.19. The Hall–Kier alpha value is -2.45. The number of anilines is 1. The molecule has 0 aromatic heterocycles. The van der Waals surface area contributed by atoms with Gasteiger partial charge in [0.15, 0.2) is 5.78 Å². The number of piperazine rings is 1. The van der Waals surface area contributed by atoms with Crippen molar-refractivity contribution < 1.29 is 19.1 Å². The van der Waals surface area contributed by atoms with Crippen LogP contribution in [0, 0.1) is 5.92 Å². The molecule has 0 aliphatic carbocycles. The van der Waals surface area contributed by atoms with Crippen molar-refractivity contribution in [2.75, 3.05) is 58.4 Å². The zero-order chi connectivity index (χ0) is 22.5. The van der Waals surface area contributed by atoms with Crippen LogP contribution in [-0.4, -0.2) is 93.0 Å². The van der Waals surface area contributed by atoms with E-state index in [4.69, 9.17) is 4.74 Å². The number of hydrogen-bond donors (Lipinski definition) is 1. The molecule has 8 nitrogen and oxygen atoms in total. The van der Waals surface area contributed by atoms with Crippen molar-refractivity contribution in [2.45, 2.75) is 32.4 Å². The summed E-state index contributed by atoms with van der Waals surface area (Å²) in [5, 5.41) is 2.91. The third-order valence-corrected chi connectivity index (χ3v) is 5.99. The van der Waals surface area contributed by atoms with E-state index in [0.717, 1.165) is 31.9 Å². The van der Waals surface area contributed by atoms with Gasteiger partial charge in [-0.25, -0.2) is 0 Å². The molecular formula is C23H34N4O4. The van der Waals surface area contributed by atoms with E-state index in [0.29, 0.717) is 12.0 Å². The number of ether oxygens (including phenoxy) is 1. The second-order valence-electron chi connectivity index (χ2n) is 8.94. The molecule has 2 saturated heterocycles. The van der Waals surface area contributed by atoms with Gasteiger partial charge in [-0.2, -0.15) is 0 Å². The zero-order valence-corrected chi connectivity index (χ0v) is 19.0. The van der Waals surface area contributed by atoms with Gasteiger partial charge in [0.2, 0.25) is 5.91 Å². The van der Waals surface area contributed by atoms with Crippen molar-refractivity contribution in [3.05, 3.63) is 29.8 Å². The van der Waals surface area contributed by atoms with E-state index in [1.54, 1.807) is 13.1 Å². The fourth-order valence-electron chi connectivity index (χ4n) is 4.03. The monoisotopic (exact) mass is 430 g/mol. The van der Waals surface area contributed by atoms with Crippen LogP contribution in [0.25, 0.3) is 0 Å². The fourth-order valence-corrected chi connectivity index (χ4v) is 4.03. The number of carbonyl (C=O) groups excluding carboxylic acids is 3. The number of amides is 2. The first-order chi connectivity index (χ1) is 14.8. The number of Topliss-reactive ketones (excluding diaryl/α,β-unsaturated/α-hetero) is 1. The van der Waals surface area contributed by atoms with Gasteiger partial charge in [0.05, 0.1) is 6.61 Å². The molecule has 2 unspecified atom stereocenters. The SMILES string of the molecule is CC(C)CC(NC(=O)c1cccc(N2CCN(C)CC2)c1)C(=O)N(C)C1COCC1=O. The Balaban J connectivity index is 1.71. The van der Waals surface area contributed by atoms with Crippen molar-refractivity contribution in [3.63, 3.8) is 0 Å². The Bertz CT molecular complexity index is 805. The van der Waals surface area contributed by atoms with Gasteiger partial charge in [-0.1, -0.05) is 19.9 Å². The number of likely N-dealkylation sites (N-methyl/N-ethyl adjacent to an activating group) is 2. The average molecular weight is 431 g/mol. The van der Waals surface area contributed by atoms with Gasteiger partial charge in [0.1, 0.15) is 18.7 Å². The minimum Gasteiger partial charge on any atom is -0.371 e. The predicted molar refractivity (Wildman–Crippen MR) is 119 cm³/mol. The number of ketones is 1. The topological polar surface area (TPSA) is 82.2 Å². The molecule has 0 saturated carbocycles. The molecule has 0 bridgehead atoms. The van der Waals surface area contributed by atoms with E-state index in [-0.39, 0.29) is 36.7 Å². The lowest BCUT2D eigenvalue weighted by molar-refractivity contribution is -0.138. The molecule has 1 N–H and O–H groups in total. The maximum absolute atomic E-state index is 13.1. The van der Waals surface area contributed by atoms with Crippen molar-refractivity contribution >= 4 is 23.3 Å². The molecule has 1 aromatic carbocycles. The van der Waals surface area contributed by atoms with E-state index < -0.39 is 12.1 Å². The maximum Gasteiger partial charge on any atom is 0.252 e. The van der Waals surface area contributed by atoms with Crippen LogP contribution in [0.3, 0.4) is 0 Å². The molecule has 31 heavy (non-hydrogen) atoms. The molecule has 2 aliphatic heterocycles. The van der Waals surface area contributed by atoms with Crippen LogP contribution in [-0.2, 0) is 14.3 Å². The highest BCUT2D eigenvalue weighted by Gasteiger charge is 2.35. The van der Waals surface area contributed by atoms with E-state index >= 15 is 0 Å². The maximum atomic E-state index is 13.1. The van der Waals surface area contributed by atoms with Crippen molar-refractivity contribution in [1.29, 1.82) is 0 Å². The highest BCUT2D eigenvalue weighted by molar-refractivity contribution is 5.99. The molecule has 170 valence electrons. The quantitative estimate of drug-likeness (QED) is 0.695. The van der Waals surface area contributed by atoms with Gasteiger partial charge in [-0.15, -0.1) is 0 Å². The molecule has 0 radical (unpaired) electrons. The van der Waals surface area contributed by atoms with Crippen molar-refractivity contribution in [3.8, 4) is 0 Å². The first-order valence-corrected chi connectivity index (χ1v) is 11.0. The Morgan fingerprint density at radius 2 is 1.94 bits per heavy atom. The van der Waals surface area contributed by atoms with E-state index in [1.807, 2.05) is 32.0 Å². The summed E-state index contributed by atoms with van der Waals surface area (Å²) in [4.78, 5) is 44.1. The third-order valence-electron chi connectivity index (χ3n) is 5.99. The van der Waals surface area contributed by atoms with Crippen LogP contribution in [0.5, 0.6) is 0 Å². The normalized spacial score (nSPS) is 20.7. The minimum absolute atomic E-state index is 0.0303. The standard InChI is InChI=1S/C23H34N4O4/c1-16(2)12-19(23(30)26(4)20-14-31-15-21(20)28)24-22(29)17-6-5-7-18(13-17)27-10-8-25(3)9-11-27/h5-7,13,16,19-20H,8-12,14-15H2,1-4H3,(H,24,29). The average Bonchev–Trinajstić information content (AvgIpc) is 3.18. The van der Waals surface area contributed by atoms with Crippen LogP contribution in [0.2, 0.25) is 0 Å².